The summed E-state index contributed by atoms with van der Waals surface area (Å²) in [5.41, 5.74) is 3.05. The number of fused-ring (bicyclic) bond motifs is 2. The van der Waals surface area contributed by atoms with E-state index in [1.54, 1.807) is 22.9 Å². The molecule has 49 heavy (non-hydrogen) atoms. The average molecular weight is 673 g/mol. The molecule has 0 saturated carbocycles. The van der Waals surface area contributed by atoms with Crippen LogP contribution in [0.25, 0.3) is 21.9 Å². The van der Waals surface area contributed by atoms with Crippen LogP contribution in [0.4, 0.5) is 0 Å². The lowest BCUT2D eigenvalue weighted by Crippen LogP contribution is -2.40. The predicted octanol–water partition coefficient (Wildman–Crippen LogP) is 3.43. The van der Waals surface area contributed by atoms with Gasteiger partial charge in [-0.25, -0.2) is 14.6 Å². The Morgan fingerprint density at radius 1 is 0.776 bits per heavy atom. The van der Waals surface area contributed by atoms with Crippen molar-refractivity contribution in [3.63, 3.8) is 0 Å². The lowest BCUT2D eigenvalue weighted by molar-refractivity contribution is -0.255. The van der Waals surface area contributed by atoms with Crippen molar-refractivity contribution in [1.29, 1.82) is 0 Å². The first-order chi connectivity index (χ1) is 23.6. The van der Waals surface area contributed by atoms with E-state index in [-0.39, 0.29) is 40.8 Å². The van der Waals surface area contributed by atoms with E-state index in [1.807, 2.05) is 73.8 Å². The first kappa shape index (κ1) is 32.8. The second kappa shape index (κ2) is 13.9. The monoisotopic (exact) mass is 672 g/mol. The Balaban J connectivity index is 0.000000177. The van der Waals surface area contributed by atoms with Crippen molar-refractivity contribution in [2.45, 2.75) is 33.5 Å². The maximum atomic E-state index is 13.3. The largest absolute Gasteiger partial charge is 0.545 e. The van der Waals surface area contributed by atoms with E-state index in [0.717, 1.165) is 26.1 Å². The molecule has 0 amide bonds. The van der Waals surface area contributed by atoms with Crippen molar-refractivity contribution in [1.82, 2.24) is 23.7 Å². The Morgan fingerprint density at radius 2 is 1.55 bits per heavy atom. The fourth-order valence-electron chi connectivity index (χ4n) is 5.57. The van der Waals surface area contributed by atoms with Crippen LogP contribution in [0.15, 0.2) is 122 Å². The van der Waals surface area contributed by atoms with Gasteiger partial charge < -0.3 is 14.9 Å². The molecule has 0 saturated heterocycles. The Morgan fingerprint density at radius 3 is 2.27 bits per heavy atom. The Kier molecular flexibility index (Phi) is 9.31. The minimum atomic E-state index is -1.36. The van der Waals surface area contributed by atoms with Crippen LogP contribution < -0.4 is 27.6 Å². The zero-order valence-electron chi connectivity index (χ0n) is 26.6. The molecule has 7 rings (SSSR count). The third-order valence-corrected chi connectivity index (χ3v) is 8.96. The van der Waals surface area contributed by atoms with E-state index >= 15 is 0 Å². The summed E-state index contributed by atoms with van der Waals surface area (Å²) < 4.78 is 3.98. The number of aromatic nitrogens is 5. The smallest absolute Gasteiger partial charge is 0.333 e. The number of H-pyrrole nitrogens is 1. The van der Waals surface area contributed by atoms with Gasteiger partial charge in [0.1, 0.15) is 5.65 Å². The first-order valence-electron chi connectivity index (χ1n) is 15.3. The van der Waals surface area contributed by atoms with Gasteiger partial charge in [-0.15, -0.1) is 11.3 Å². The number of carbonyl (C=O) groups excluding carboxylic acids is 1. The Hall–Kier alpha value is -6.14. The number of carboxylic acids is 1. The summed E-state index contributed by atoms with van der Waals surface area (Å²) in [6, 6.07) is 26.7. The quantitative estimate of drug-likeness (QED) is 0.272. The van der Waals surface area contributed by atoms with E-state index in [2.05, 4.69) is 16.0 Å². The van der Waals surface area contributed by atoms with Crippen molar-refractivity contribution >= 4 is 39.2 Å². The molecule has 0 aliphatic rings. The number of carboxylic acid groups (broad SMARTS) is 1. The number of nitrogens with zero attached hydrogens (tertiary/aromatic N) is 4. The van der Waals surface area contributed by atoms with E-state index in [9.17, 15) is 29.1 Å². The Bertz CT molecular complexity index is 2570. The number of aromatic amines is 1. The highest BCUT2D eigenvalue weighted by Crippen LogP contribution is 2.15. The molecule has 0 aliphatic heterocycles. The standard InChI is InChI=1S/C23H21N3O2.C14H10N2O4S/c1-16-10-11-19(17(2)13-16)15-25-21-20(9-6-12-24-21)22(27)26(23(25)28)14-18-7-4-3-5-8-18;17-12-10-4-3-8(13(18)19)6-11(10)15-14(20)16(12)7-9-2-1-5-21-9/h3-13H,14-15H2,1-2H3;1-6H,7H2,(H,15,20)(H,18,19)/p-1. The van der Waals surface area contributed by atoms with Crippen molar-refractivity contribution in [3.8, 4) is 0 Å². The molecule has 4 heterocycles. The normalized spacial score (nSPS) is 11.0. The van der Waals surface area contributed by atoms with Gasteiger partial charge >= 0.3 is 11.4 Å². The zero-order chi connectivity index (χ0) is 34.7. The van der Waals surface area contributed by atoms with Crippen LogP contribution in [0.1, 0.15) is 37.5 Å². The number of rotatable bonds is 7. The fourth-order valence-corrected chi connectivity index (χ4v) is 6.27. The highest BCUT2D eigenvalue weighted by molar-refractivity contribution is 7.09. The molecule has 12 heteroatoms. The van der Waals surface area contributed by atoms with Gasteiger partial charge in [-0.05, 0) is 71.8 Å². The summed E-state index contributed by atoms with van der Waals surface area (Å²) in [4.78, 5) is 69.2. The van der Waals surface area contributed by atoms with Crippen LogP contribution in [-0.2, 0) is 19.6 Å². The molecule has 0 spiro atoms. The SMILES string of the molecule is Cc1ccc(Cn2c(=O)n(Cc3ccccc3)c(=O)c3cccnc32)c(C)c1.O=C([O-])c1ccc2c(=O)n(Cc3cccs3)c(=O)[nH]c2c1. The van der Waals surface area contributed by atoms with E-state index < -0.39 is 17.2 Å². The van der Waals surface area contributed by atoms with Crippen molar-refractivity contribution in [2.75, 3.05) is 0 Å². The van der Waals surface area contributed by atoms with Crippen molar-refractivity contribution < 1.29 is 9.90 Å². The molecule has 0 aliphatic carbocycles. The minimum Gasteiger partial charge on any atom is -0.545 e. The van der Waals surface area contributed by atoms with Crippen LogP contribution in [0, 0.1) is 13.8 Å². The number of benzene rings is 3. The summed E-state index contributed by atoms with van der Waals surface area (Å²) >= 11 is 1.45. The van der Waals surface area contributed by atoms with Crippen LogP contribution in [0.3, 0.4) is 0 Å². The second-order valence-electron chi connectivity index (χ2n) is 11.5. The third kappa shape index (κ3) is 6.94. The van der Waals surface area contributed by atoms with Crippen LogP contribution in [0.2, 0.25) is 0 Å². The van der Waals surface area contributed by atoms with Gasteiger partial charge in [-0.1, -0.05) is 66.2 Å². The van der Waals surface area contributed by atoms with Crippen molar-refractivity contribution in [3.05, 3.63) is 177 Å². The Labute approximate surface area is 282 Å². The average Bonchev–Trinajstić information content (AvgIpc) is 3.62. The van der Waals surface area contributed by atoms with Crippen LogP contribution in [0.5, 0.6) is 0 Å². The summed E-state index contributed by atoms with van der Waals surface area (Å²) in [7, 11) is 0. The van der Waals surface area contributed by atoms with Gasteiger partial charge in [0.05, 0.1) is 41.9 Å². The van der Waals surface area contributed by atoms with Gasteiger partial charge in [0.25, 0.3) is 11.1 Å². The maximum Gasteiger partial charge on any atom is 0.333 e. The molecule has 11 nitrogen and oxygen atoms in total. The predicted molar refractivity (Wildman–Crippen MR) is 187 cm³/mol. The maximum absolute atomic E-state index is 13.3. The topological polar surface area (TPSA) is 152 Å². The molecular weight excluding hydrogens is 643 g/mol. The molecule has 0 fully saturated rings. The number of hydrogen-bond acceptors (Lipinski definition) is 8. The number of aryl methyl sites for hydroxylation is 2. The fraction of sp³-hybridized carbons (Fsp3) is 0.135. The molecule has 246 valence electrons. The number of aromatic carboxylic acids is 1. The van der Waals surface area contributed by atoms with Gasteiger partial charge in [0, 0.05) is 11.1 Å². The highest BCUT2D eigenvalue weighted by Gasteiger charge is 2.15. The summed E-state index contributed by atoms with van der Waals surface area (Å²) in [6.07, 6.45) is 1.61. The van der Waals surface area contributed by atoms with Gasteiger partial charge in [0.15, 0.2) is 0 Å². The number of nitrogens with one attached hydrogen (secondary N) is 1. The van der Waals surface area contributed by atoms with E-state index in [0.29, 0.717) is 17.6 Å². The summed E-state index contributed by atoms with van der Waals surface area (Å²) in [5.74, 6) is -1.36. The minimum absolute atomic E-state index is 0.0893. The molecule has 3 aromatic carbocycles. The molecule has 0 atom stereocenters. The summed E-state index contributed by atoms with van der Waals surface area (Å²) in [5, 5.41) is 13.4. The van der Waals surface area contributed by atoms with E-state index in [4.69, 9.17) is 0 Å². The summed E-state index contributed by atoms with van der Waals surface area (Å²) in [6.45, 7) is 4.86. The molecule has 0 bridgehead atoms. The van der Waals surface area contributed by atoms with Gasteiger partial charge in [0.2, 0.25) is 0 Å². The molecule has 1 N–H and O–H groups in total. The molecule has 0 unspecified atom stereocenters. The number of carbonyl (C=O) groups is 1. The first-order valence-corrected chi connectivity index (χ1v) is 16.2. The van der Waals surface area contributed by atoms with Crippen LogP contribution >= 0.6 is 11.3 Å². The number of hydrogen-bond donors (Lipinski definition) is 1. The zero-order valence-corrected chi connectivity index (χ0v) is 27.4. The molecular formula is C37H30N5O6S-. The van der Waals surface area contributed by atoms with Gasteiger partial charge in [-0.3, -0.25) is 23.3 Å². The third-order valence-electron chi connectivity index (χ3n) is 8.10. The van der Waals surface area contributed by atoms with Crippen LogP contribution in [-0.4, -0.2) is 29.6 Å². The highest BCUT2D eigenvalue weighted by atomic mass is 32.1. The number of pyridine rings is 1. The number of thiophene rings is 1. The molecule has 7 aromatic rings. The molecule has 0 radical (unpaired) electrons. The van der Waals surface area contributed by atoms with E-state index in [1.165, 1.54) is 39.7 Å². The lowest BCUT2D eigenvalue weighted by Gasteiger charge is -2.15. The molecule has 4 aromatic heterocycles. The second-order valence-corrected chi connectivity index (χ2v) is 12.5. The lowest BCUT2D eigenvalue weighted by atomic mass is 10.1. The van der Waals surface area contributed by atoms with Crippen molar-refractivity contribution in [2.24, 2.45) is 0 Å². The van der Waals surface area contributed by atoms with Gasteiger partial charge in [-0.2, -0.15) is 0 Å².